The van der Waals surface area contributed by atoms with Crippen molar-refractivity contribution in [3.63, 3.8) is 0 Å². The van der Waals surface area contributed by atoms with Crippen LogP contribution in [0.5, 0.6) is 5.75 Å². The number of carbonyl (C=O) groups is 1. The van der Waals surface area contributed by atoms with Crippen molar-refractivity contribution >= 4 is 23.0 Å². The molecule has 0 bridgehead atoms. The van der Waals surface area contributed by atoms with Crippen molar-refractivity contribution < 1.29 is 9.90 Å². The number of rotatable bonds is 9. The molecule has 0 radical (unpaired) electrons. The van der Waals surface area contributed by atoms with E-state index < -0.39 is 10.9 Å². The Labute approximate surface area is 165 Å². The van der Waals surface area contributed by atoms with Crippen molar-refractivity contribution in [2.24, 2.45) is 5.92 Å². The van der Waals surface area contributed by atoms with Crippen LogP contribution in [0.2, 0.25) is 0 Å². The third-order valence-corrected chi connectivity index (χ3v) is 4.65. The molecular formula is C21H29N3O4. The molecule has 1 amide bonds. The normalized spacial score (nSPS) is 12.2. The van der Waals surface area contributed by atoms with Crippen LogP contribution in [-0.2, 0) is 0 Å². The average Bonchev–Trinajstić information content (AvgIpc) is 2.64. The van der Waals surface area contributed by atoms with Crippen LogP contribution in [0.4, 0.5) is 17.1 Å². The number of benzene rings is 1. The number of aromatic hydroxyl groups is 1. The fourth-order valence-corrected chi connectivity index (χ4v) is 2.99. The van der Waals surface area contributed by atoms with E-state index in [1.165, 1.54) is 11.0 Å². The third-order valence-electron chi connectivity index (χ3n) is 4.65. The second kappa shape index (κ2) is 8.91. The van der Waals surface area contributed by atoms with Gasteiger partial charge in [0.25, 0.3) is 16.8 Å². The molecule has 2 aromatic carbocycles. The summed E-state index contributed by atoms with van der Waals surface area (Å²) in [6.07, 6.45) is 3.01. The Kier molecular flexibility index (Phi) is 6.83. The number of nitrogens with one attached hydrogen (secondary N) is 2. The topological polar surface area (TPSA) is 98.7 Å². The summed E-state index contributed by atoms with van der Waals surface area (Å²) in [5, 5.41) is 16.3. The van der Waals surface area contributed by atoms with E-state index in [1.54, 1.807) is 26.2 Å². The molecule has 0 fully saturated rings. The van der Waals surface area contributed by atoms with Crippen LogP contribution in [0.25, 0.3) is 0 Å². The Hall–Kier alpha value is -2.83. The van der Waals surface area contributed by atoms with Gasteiger partial charge < -0.3 is 20.6 Å². The molecule has 7 nitrogen and oxygen atoms in total. The zero-order valence-electron chi connectivity index (χ0n) is 17.1. The molecule has 0 saturated carbocycles. The molecule has 0 aliphatic heterocycles. The first-order valence-corrected chi connectivity index (χ1v) is 9.54. The van der Waals surface area contributed by atoms with Gasteiger partial charge in [0.15, 0.2) is 5.75 Å². The fourth-order valence-electron chi connectivity index (χ4n) is 2.99. The number of phenolic OH excluding ortho intramolecular Hbond substituents is 1. The molecule has 0 saturated heterocycles. The number of amides is 1. The molecule has 0 spiro atoms. The summed E-state index contributed by atoms with van der Waals surface area (Å²) in [6, 6.07) is 4.69. The Morgan fingerprint density at radius 1 is 1.07 bits per heavy atom. The van der Waals surface area contributed by atoms with Gasteiger partial charge in [-0.2, -0.15) is 0 Å². The quantitative estimate of drug-likeness (QED) is 0.452. The zero-order chi connectivity index (χ0) is 21.0. The molecule has 2 rings (SSSR count). The lowest BCUT2D eigenvalue weighted by molar-refractivity contribution is 0.0824. The van der Waals surface area contributed by atoms with E-state index in [9.17, 15) is 19.5 Å². The maximum Gasteiger partial charge on any atom is 0.257 e. The van der Waals surface area contributed by atoms with Crippen molar-refractivity contribution in [2.45, 2.75) is 46.1 Å². The highest BCUT2D eigenvalue weighted by Gasteiger charge is 2.24. The largest absolute Gasteiger partial charge is 0.505 e. The van der Waals surface area contributed by atoms with Gasteiger partial charge in [0, 0.05) is 20.1 Å². The number of hydrogen-bond donors (Lipinski definition) is 3. The minimum absolute atomic E-state index is 0.0397. The third kappa shape index (κ3) is 4.71. The Morgan fingerprint density at radius 2 is 1.71 bits per heavy atom. The van der Waals surface area contributed by atoms with E-state index in [4.69, 9.17) is 0 Å². The monoisotopic (exact) mass is 387 g/mol. The summed E-state index contributed by atoms with van der Waals surface area (Å²) >= 11 is 0. The number of hydrogen-bond acceptors (Lipinski definition) is 6. The van der Waals surface area contributed by atoms with Gasteiger partial charge in [-0.3, -0.25) is 14.4 Å². The first-order chi connectivity index (χ1) is 13.1. The molecule has 28 heavy (non-hydrogen) atoms. The molecular weight excluding hydrogens is 358 g/mol. The molecule has 0 aromatic heterocycles. The lowest BCUT2D eigenvalue weighted by atomic mass is 10.0. The van der Waals surface area contributed by atoms with Crippen LogP contribution in [0.1, 0.15) is 50.4 Å². The van der Waals surface area contributed by atoms with E-state index in [0.717, 1.165) is 19.3 Å². The highest BCUT2D eigenvalue weighted by atomic mass is 16.3. The summed E-state index contributed by atoms with van der Waals surface area (Å²) in [7, 11) is 3.17. The minimum Gasteiger partial charge on any atom is -0.505 e. The van der Waals surface area contributed by atoms with Gasteiger partial charge in [-0.15, -0.1) is 0 Å². The van der Waals surface area contributed by atoms with Crippen LogP contribution in [0.15, 0.2) is 27.8 Å². The standard InChI is InChI=1S/C21H29N3O4/c1-12(2)8-6-9-13(3)22-16-17(20(27)19(16)26)23-15-11-7-10-14(18(15)25)21(28)24(4)5/h7,10-13,22-23,25H,6,8-9H2,1-5H3. The number of nitrogens with zero attached hydrogens (tertiary/aromatic N) is 1. The lowest BCUT2D eigenvalue weighted by Gasteiger charge is -2.21. The van der Waals surface area contributed by atoms with Crippen LogP contribution >= 0.6 is 0 Å². The van der Waals surface area contributed by atoms with Gasteiger partial charge in [-0.05, 0) is 31.4 Å². The zero-order valence-corrected chi connectivity index (χ0v) is 17.1. The van der Waals surface area contributed by atoms with Crippen LogP contribution in [0.3, 0.4) is 0 Å². The summed E-state index contributed by atoms with van der Waals surface area (Å²) < 4.78 is 0. The number of para-hydroxylation sites is 1. The Balaban J connectivity index is 2.17. The van der Waals surface area contributed by atoms with E-state index in [0.29, 0.717) is 5.92 Å². The second-order valence-electron chi connectivity index (χ2n) is 7.80. The molecule has 0 heterocycles. The van der Waals surface area contributed by atoms with Crippen LogP contribution in [0, 0.1) is 5.92 Å². The van der Waals surface area contributed by atoms with Gasteiger partial charge in [-0.1, -0.05) is 32.8 Å². The number of phenols is 1. The molecule has 1 atom stereocenters. The van der Waals surface area contributed by atoms with Gasteiger partial charge in [-0.25, -0.2) is 0 Å². The van der Waals surface area contributed by atoms with Gasteiger partial charge >= 0.3 is 0 Å². The predicted octanol–water partition coefficient (Wildman–Crippen LogP) is 3.06. The first-order valence-electron chi connectivity index (χ1n) is 9.54. The van der Waals surface area contributed by atoms with Crippen molar-refractivity contribution in [3.8, 4) is 5.75 Å². The van der Waals surface area contributed by atoms with E-state index in [-0.39, 0.29) is 40.3 Å². The highest BCUT2D eigenvalue weighted by Crippen LogP contribution is 2.32. The van der Waals surface area contributed by atoms with Crippen molar-refractivity contribution in [1.82, 2.24) is 4.90 Å². The Bertz CT molecular complexity index is 911. The number of carbonyl (C=O) groups excluding carboxylic acids is 1. The molecule has 152 valence electrons. The van der Waals surface area contributed by atoms with E-state index in [1.807, 2.05) is 6.92 Å². The van der Waals surface area contributed by atoms with Gasteiger partial charge in [0.2, 0.25) is 0 Å². The Morgan fingerprint density at radius 3 is 2.32 bits per heavy atom. The van der Waals surface area contributed by atoms with Crippen LogP contribution < -0.4 is 21.5 Å². The summed E-state index contributed by atoms with van der Waals surface area (Å²) in [5.74, 6) is 0.00382. The summed E-state index contributed by atoms with van der Waals surface area (Å²) in [5.41, 5.74) is -0.546. The van der Waals surface area contributed by atoms with Crippen molar-refractivity contribution in [3.05, 3.63) is 44.2 Å². The molecule has 0 aliphatic rings. The van der Waals surface area contributed by atoms with Crippen molar-refractivity contribution in [2.75, 3.05) is 24.7 Å². The predicted molar refractivity (Wildman–Crippen MR) is 113 cm³/mol. The smallest absolute Gasteiger partial charge is 0.257 e. The second-order valence-corrected chi connectivity index (χ2v) is 7.80. The first kappa shape index (κ1) is 21.5. The summed E-state index contributed by atoms with van der Waals surface area (Å²) in [6.45, 7) is 6.30. The average molecular weight is 387 g/mol. The van der Waals surface area contributed by atoms with Gasteiger partial charge in [0.1, 0.15) is 11.4 Å². The fraction of sp³-hybridized carbons (Fsp3) is 0.476. The highest BCUT2D eigenvalue weighted by molar-refractivity contribution is 5.99. The van der Waals surface area contributed by atoms with Gasteiger partial charge in [0.05, 0.1) is 11.3 Å². The minimum atomic E-state index is -0.638. The molecule has 3 N–H and O–H groups in total. The lowest BCUT2D eigenvalue weighted by Crippen LogP contribution is -2.38. The molecule has 0 aliphatic carbocycles. The van der Waals surface area contributed by atoms with E-state index >= 15 is 0 Å². The SMILES string of the molecule is CC(C)CCCC(C)Nc1c(Nc2cccc(C(=O)N(C)C)c2O)c(=O)c1=O. The molecule has 7 heteroatoms. The maximum absolute atomic E-state index is 12.2. The molecule has 1 unspecified atom stereocenters. The summed E-state index contributed by atoms with van der Waals surface area (Å²) in [4.78, 5) is 37.5. The number of anilines is 3. The molecule has 2 aromatic rings. The van der Waals surface area contributed by atoms with E-state index in [2.05, 4.69) is 24.5 Å². The van der Waals surface area contributed by atoms with Crippen LogP contribution in [-0.4, -0.2) is 36.1 Å². The maximum atomic E-state index is 12.2. The van der Waals surface area contributed by atoms with Crippen molar-refractivity contribution in [1.29, 1.82) is 0 Å².